The predicted octanol–water partition coefficient (Wildman–Crippen LogP) is 2.74. The van der Waals surface area contributed by atoms with Gasteiger partial charge in [0.15, 0.2) is 0 Å². The number of sulfonamides is 1. The minimum atomic E-state index is -3.83. The lowest BCUT2D eigenvalue weighted by Gasteiger charge is -2.14. The van der Waals surface area contributed by atoms with Crippen LogP contribution < -0.4 is 5.32 Å². The summed E-state index contributed by atoms with van der Waals surface area (Å²) in [5, 5.41) is 2.72. The number of carbonyl (C=O) groups is 1. The van der Waals surface area contributed by atoms with Gasteiger partial charge in [-0.15, -0.1) is 0 Å². The Morgan fingerprint density at radius 3 is 2.65 bits per heavy atom. The molecule has 0 aliphatic carbocycles. The van der Waals surface area contributed by atoms with Crippen LogP contribution in [0.3, 0.4) is 0 Å². The summed E-state index contributed by atoms with van der Waals surface area (Å²) in [4.78, 5) is 16.9. The van der Waals surface area contributed by atoms with Crippen LogP contribution in [0.5, 0.6) is 0 Å². The van der Waals surface area contributed by atoms with Crippen molar-refractivity contribution in [2.24, 2.45) is 0 Å². The van der Waals surface area contributed by atoms with Crippen LogP contribution in [0.2, 0.25) is 0 Å². The van der Waals surface area contributed by atoms with Gasteiger partial charge in [0.2, 0.25) is 0 Å². The average molecular weight is 445 g/mol. The van der Waals surface area contributed by atoms with Crippen LogP contribution in [-0.2, 0) is 21.3 Å². The van der Waals surface area contributed by atoms with Gasteiger partial charge in [-0.05, 0) is 58.2 Å². The van der Waals surface area contributed by atoms with E-state index >= 15 is 0 Å². The molecular formula is C17H18BrFN2O4S. The molecule has 2 rings (SSSR count). The van der Waals surface area contributed by atoms with Gasteiger partial charge in [-0.2, -0.15) is 0 Å². The van der Waals surface area contributed by atoms with Gasteiger partial charge in [-0.25, -0.2) is 12.8 Å². The summed E-state index contributed by atoms with van der Waals surface area (Å²) in [7, 11) is -1.32. The van der Waals surface area contributed by atoms with Crippen LogP contribution >= 0.6 is 15.9 Å². The van der Waals surface area contributed by atoms with E-state index in [1.54, 1.807) is 12.1 Å². The average Bonchev–Trinajstić information content (AvgIpc) is 2.63. The zero-order valence-electron chi connectivity index (χ0n) is 14.2. The fraction of sp³-hybridized carbons (Fsp3) is 0.235. The van der Waals surface area contributed by atoms with E-state index < -0.39 is 15.9 Å². The molecule has 1 amide bonds. The summed E-state index contributed by atoms with van der Waals surface area (Å²) in [6.07, 6.45) is 0.509. The number of nitrogens with one attached hydrogen (secondary N) is 1. The molecule has 0 atom stereocenters. The molecule has 0 aliphatic heterocycles. The number of nitrogens with zero attached hydrogens (tertiary/aromatic N) is 1. The zero-order valence-corrected chi connectivity index (χ0v) is 16.6. The van der Waals surface area contributed by atoms with E-state index in [0.29, 0.717) is 17.4 Å². The van der Waals surface area contributed by atoms with Crippen LogP contribution in [0.25, 0.3) is 0 Å². The van der Waals surface area contributed by atoms with Crippen LogP contribution in [0.1, 0.15) is 15.9 Å². The van der Waals surface area contributed by atoms with Crippen molar-refractivity contribution in [1.29, 1.82) is 0 Å². The van der Waals surface area contributed by atoms with Crippen molar-refractivity contribution < 1.29 is 22.4 Å². The molecule has 0 unspecified atom stereocenters. The van der Waals surface area contributed by atoms with Crippen molar-refractivity contribution in [3.8, 4) is 0 Å². The highest BCUT2D eigenvalue weighted by Gasteiger charge is 2.21. The molecule has 0 radical (unpaired) electrons. The molecule has 9 heteroatoms. The Balaban J connectivity index is 2.04. The van der Waals surface area contributed by atoms with Gasteiger partial charge in [0.25, 0.3) is 15.9 Å². The van der Waals surface area contributed by atoms with Crippen molar-refractivity contribution in [2.45, 2.75) is 11.3 Å². The summed E-state index contributed by atoms with van der Waals surface area (Å²) in [5.41, 5.74) is 1.08. The van der Waals surface area contributed by atoms with Crippen molar-refractivity contribution >= 4 is 31.9 Å². The Labute approximate surface area is 160 Å². The van der Waals surface area contributed by atoms with Gasteiger partial charge in [0.05, 0.1) is 16.5 Å². The van der Waals surface area contributed by atoms with Crippen LogP contribution in [-0.4, -0.2) is 39.5 Å². The Morgan fingerprint density at radius 2 is 2.00 bits per heavy atom. The SMILES string of the molecule is CON(C)S(=O)(=O)c1cccc(C(=O)NCCc2ccc(F)c(Br)c2)c1. The Morgan fingerprint density at radius 1 is 1.27 bits per heavy atom. The maximum atomic E-state index is 13.2. The zero-order chi connectivity index (χ0) is 19.3. The highest BCUT2D eigenvalue weighted by Crippen LogP contribution is 2.18. The van der Waals surface area contributed by atoms with Crippen LogP contribution in [0, 0.1) is 5.82 Å². The predicted molar refractivity (Wildman–Crippen MR) is 98.5 cm³/mol. The molecule has 2 aromatic carbocycles. The Hall–Kier alpha value is -1.81. The number of rotatable bonds is 7. The first-order valence-corrected chi connectivity index (χ1v) is 9.84. The third-order valence-electron chi connectivity index (χ3n) is 3.67. The van der Waals surface area contributed by atoms with E-state index in [9.17, 15) is 17.6 Å². The highest BCUT2D eigenvalue weighted by atomic mass is 79.9. The Bertz CT molecular complexity index is 905. The number of carbonyl (C=O) groups excluding carboxylic acids is 1. The monoisotopic (exact) mass is 444 g/mol. The summed E-state index contributed by atoms with van der Waals surface area (Å²) in [5.74, 6) is -0.750. The van der Waals surface area contributed by atoms with Crippen molar-refractivity contribution in [3.63, 3.8) is 0 Å². The fourth-order valence-electron chi connectivity index (χ4n) is 2.16. The van der Waals surface area contributed by atoms with Crippen LogP contribution in [0.15, 0.2) is 51.8 Å². The van der Waals surface area contributed by atoms with E-state index in [2.05, 4.69) is 21.2 Å². The van der Waals surface area contributed by atoms with Crippen LogP contribution in [0.4, 0.5) is 4.39 Å². The molecule has 6 nitrogen and oxygen atoms in total. The smallest absolute Gasteiger partial charge is 0.264 e. The van der Waals surface area contributed by atoms with Crippen molar-refractivity contribution in [1.82, 2.24) is 9.79 Å². The number of hydroxylamine groups is 1. The molecule has 2 aromatic rings. The van der Waals surface area contributed by atoms with E-state index in [1.165, 1.54) is 44.5 Å². The standard InChI is InChI=1S/C17H18BrFN2O4S/c1-21(25-2)26(23,24)14-5-3-4-13(11-14)17(22)20-9-8-12-6-7-16(19)15(18)10-12/h3-7,10-11H,8-9H2,1-2H3,(H,20,22). The van der Waals surface area contributed by atoms with E-state index in [1.807, 2.05) is 0 Å². The van der Waals surface area contributed by atoms with Gasteiger partial charge in [-0.1, -0.05) is 16.6 Å². The summed E-state index contributed by atoms with van der Waals surface area (Å²) < 4.78 is 38.8. The third-order valence-corrected chi connectivity index (χ3v) is 5.96. The minimum Gasteiger partial charge on any atom is -0.352 e. The lowest BCUT2D eigenvalue weighted by Crippen LogP contribution is -2.27. The highest BCUT2D eigenvalue weighted by molar-refractivity contribution is 9.10. The first kappa shape index (κ1) is 20.5. The molecular weight excluding hydrogens is 427 g/mol. The van der Waals surface area contributed by atoms with Gasteiger partial charge in [0, 0.05) is 19.2 Å². The number of hydrogen-bond acceptors (Lipinski definition) is 4. The maximum absolute atomic E-state index is 13.2. The summed E-state index contributed by atoms with van der Waals surface area (Å²) >= 11 is 3.11. The molecule has 0 spiro atoms. The number of benzene rings is 2. The Kier molecular flexibility index (Phi) is 6.87. The summed E-state index contributed by atoms with van der Waals surface area (Å²) in [6.45, 7) is 0.325. The lowest BCUT2D eigenvalue weighted by atomic mass is 10.1. The molecule has 0 heterocycles. The number of amides is 1. The van der Waals surface area contributed by atoms with E-state index in [-0.39, 0.29) is 16.3 Å². The molecule has 0 saturated heterocycles. The topological polar surface area (TPSA) is 75.7 Å². The number of hydrogen-bond donors (Lipinski definition) is 1. The third kappa shape index (κ3) is 4.88. The molecule has 26 heavy (non-hydrogen) atoms. The minimum absolute atomic E-state index is 0.0445. The van der Waals surface area contributed by atoms with Gasteiger partial charge in [-0.3, -0.25) is 9.63 Å². The second kappa shape index (κ2) is 8.72. The first-order chi connectivity index (χ1) is 12.3. The van der Waals surface area contributed by atoms with Gasteiger partial charge >= 0.3 is 0 Å². The molecule has 1 N–H and O–H groups in total. The quantitative estimate of drug-likeness (QED) is 0.666. The van der Waals surface area contributed by atoms with Gasteiger partial charge < -0.3 is 5.32 Å². The molecule has 0 aromatic heterocycles. The van der Waals surface area contributed by atoms with E-state index in [0.717, 1.165) is 10.0 Å². The normalized spacial score (nSPS) is 11.6. The molecule has 140 valence electrons. The largest absolute Gasteiger partial charge is 0.352 e. The number of halogens is 2. The first-order valence-electron chi connectivity index (χ1n) is 7.61. The van der Waals surface area contributed by atoms with Crippen molar-refractivity contribution in [3.05, 3.63) is 63.9 Å². The second-order valence-electron chi connectivity index (χ2n) is 5.38. The molecule has 0 fully saturated rings. The lowest BCUT2D eigenvalue weighted by molar-refractivity contribution is -0.0258. The van der Waals surface area contributed by atoms with Gasteiger partial charge in [0.1, 0.15) is 5.82 Å². The molecule has 0 saturated carbocycles. The maximum Gasteiger partial charge on any atom is 0.264 e. The summed E-state index contributed by atoms with van der Waals surface area (Å²) in [6, 6.07) is 10.3. The molecule has 0 bridgehead atoms. The second-order valence-corrected chi connectivity index (χ2v) is 8.17. The van der Waals surface area contributed by atoms with Crippen molar-refractivity contribution in [2.75, 3.05) is 20.7 Å². The van der Waals surface area contributed by atoms with E-state index in [4.69, 9.17) is 4.84 Å². The molecule has 0 aliphatic rings. The fourth-order valence-corrected chi connectivity index (χ4v) is 3.61.